The van der Waals surface area contributed by atoms with Crippen LogP contribution in [0.5, 0.6) is 0 Å². The zero-order valence-corrected chi connectivity index (χ0v) is 6.16. The van der Waals surface area contributed by atoms with Gasteiger partial charge in [-0.3, -0.25) is 4.90 Å². The molecule has 1 heterocycles. The minimum atomic E-state index is 0.145. The second-order valence-corrected chi connectivity index (χ2v) is 2.88. The summed E-state index contributed by atoms with van der Waals surface area (Å²) in [7, 11) is 0. The van der Waals surface area contributed by atoms with Crippen LogP contribution >= 0.6 is 0 Å². The minimum absolute atomic E-state index is 0.145. The largest absolute Gasteiger partial charge is 0.329 e. The minimum Gasteiger partial charge on any atom is -0.329 e. The summed E-state index contributed by atoms with van der Waals surface area (Å²) in [6.07, 6.45) is 0. The van der Waals surface area contributed by atoms with E-state index in [0.717, 1.165) is 19.6 Å². The molecule has 0 radical (unpaired) electrons. The highest BCUT2D eigenvalue weighted by molar-refractivity contribution is 4.89. The van der Waals surface area contributed by atoms with Gasteiger partial charge in [-0.1, -0.05) is 0 Å². The Morgan fingerprint density at radius 1 is 1.20 bits per heavy atom. The van der Waals surface area contributed by atoms with Gasteiger partial charge < -0.3 is 17.2 Å². The average Bonchev–Trinajstić information content (AvgIpc) is 2.14. The van der Waals surface area contributed by atoms with Crippen molar-refractivity contribution in [3.63, 3.8) is 0 Å². The summed E-state index contributed by atoms with van der Waals surface area (Å²) in [6, 6.07) is 0.290. The lowest BCUT2D eigenvalue weighted by Gasteiger charge is -2.12. The van der Waals surface area contributed by atoms with E-state index >= 15 is 0 Å². The fraction of sp³-hybridized carbons (Fsp3) is 1.00. The Morgan fingerprint density at radius 2 is 1.70 bits per heavy atom. The van der Waals surface area contributed by atoms with Crippen molar-refractivity contribution < 1.29 is 0 Å². The SMILES string of the molecule is NCCN1C[C@@H](N)[C@H](N)C1. The molecule has 0 aromatic rings. The van der Waals surface area contributed by atoms with Crippen molar-refractivity contribution in [3.05, 3.63) is 0 Å². The smallest absolute Gasteiger partial charge is 0.0334 e. The van der Waals surface area contributed by atoms with Crippen LogP contribution in [-0.2, 0) is 0 Å². The van der Waals surface area contributed by atoms with Crippen LogP contribution in [0.15, 0.2) is 0 Å². The first-order valence-electron chi connectivity index (χ1n) is 3.67. The molecule has 4 heteroatoms. The summed E-state index contributed by atoms with van der Waals surface area (Å²) in [5, 5.41) is 0. The topological polar surface area (TPSA) is 81.3 Å². The molecule has 1 fully saturated rings. The Balaban J connectivity index is 2.27. The molecule has 4 nitrogen and oxygen atoms in total. The van der Waals surface area contributed by atoms with Gasteiger partial charge in [-0.2, -0.15) is 0 Å². The number of nitrogens with zero attached hydrogens (tertiary/aromatic N) is 1. The molecular weight excluding hydrogens is 128 g/mol. The first-order valence-corrected chi connectivity index (χ1v) is 3.67. The van der Waals surface area contributed by atoms with E-state index in [1.54, 1.807) is 0 Å². The van der Waals surface area contributed by atoms with Crippen LogP contribution in [0.25, 0.3) is 0 Å². The molecule has 0 aromatic heterocycles. The van der Waals surface area contributed by atoms with Gasteiger partial charge in [0.2, 0.25) is 0 Å². The Hall–Kier alpha value is -0.160. The van der Waals surface area contributed by atoms with Crippen LogP contribution in [0.2, 0.25) is 0 Å². The van der Waals surface area contributed by atoms with Crippen LogP contribution in [0, 0.1) is 0 Å². The Bertz CT molecular complexity index is 95.9. The van der Waals surface area contributed by atoms with Crippen LogP contribution in [-0.4, -0.2) is 43.2 Å². The van der Waals surface area contributed by atoms with Crippen molar-refractivity contribution in [1.82, 2.24) is 4.90 Å². The van der Waals surface area contributed by atoms with Gasteiger partial charge in [-0.15, -0.1) is 0 Å². The molecule has 2 atom stereocenters. The molecule has 0 aromatic carbocycles. The molecule has 0 bridgehead atoms. The van der Waals surface area contributed by atoms with E-state index in [1.165, 1.54) is 0 Å². The summed E-state index contributed by atoms with van der Waals surface area (Å²) in [5.74, 6) is 0. The fourth-order valence-electron chi connectivity index (χ4n) is 1.31. The second-order valence-electron chi connectivity index (χ2n) is 2.88. The zero-order chi connectivity index (χ0) is 7.56. The molecule has 10 heavy (non-hydrogen) atoms. The number of hydrogen-bond acceptors (Lipinski definition) is 4. The van der Waals surface area contributed by atoms with Gasteiger partial charge in [0.1, 0.15) is 0 Å². The van der Waals surface area contributed by atoms with Gasteiger partial charge in [0.05, 0.1) is 0 Å². The number of hydrogen-bond donors (Lipinski definition) is 3. The van der Waals surface area contributed by atoms with E-state index in [-0.39, 0.29) is 12.1 Å². The quantitative estimate of drug-likeness (QED) is 0.415. The predicted octanol–water partition coefficient (Wildman–Crippen LogP) is -2.08. The molecule has 1 rings (SSSR count). The van der Waals surface area contributed by atoms with E-state index in [1.807, 2.05) is 0 Å². The van der Waals surface area contributed by atoms with Gasteiger partial charge >= 0.3 is 0 Å². The maximum absolute atomic E-state index is 5.69. The van der Waals surface area contributed by atoms with Crippen molar-refractivity contribution in [1.29, 1.82) is 0 Å². The van der Waals surface area contributed by atoms with Gasteiger partial charge in [-0.25, -0.2) is 0 Å². The Morgan fingerprint density at radius 3 is 2.10 bits per heavy atom. The van der Waals surface area contributed by atoms with Crippen LogP contribution < -0.4 is 17.2 Å². The lowest BCUT2D eigenvalue weighted by Crippen LogP contribution is -2.39. The van der Waals surface area contributed by atoms with Gasteiger partial charge in [-0.05, 0) is 0 Å². The molecule has 0 amide bonds. The fourth-order valence-corrected chi connectivity index (χ4v) is 1.31. The highest BCUT2D eigenvalue weighted by atomic mass is 15.2. The Labute approximate surface area is 61.3 Å². The summed E-state index contributed by atoms with van der Waals surface area (Å²) >= 11 is 0. The Kier molecular flexibility index (Phi) is 2.62. The molecule has 0 saturated carbocycles. The first kappa shape index (κ1) is 7.94. The predicted molar refractivity (Wildman–Crippen MR) is 41.4 cm³/mol. The van der Waals surface area contributed by atoms with Crippen molar-refractivity contribution in [3.8, 4) is 0 Å². The van der Waals surface area contributed by atoms with E-state index < -0.39 is 0 Å². The van der Waals surface area contributed by atoms with Gasteiger partial charge in [0, 0.05) is 38.3 Å². The third-order valence-electron chi connectivity index (χ3n) is 1.93. The van der Waals surface area contributed by atoms with Crippen LogP contribution in [0.1, 0.15) is 0 Å². The van der Waals surface area contributed by atoms with E-state index in [4.69, 9.17) is 17.2 Å². The number of likely N-dealkylation sites (tertiary alicyclic amines) is 1. The summed E-state index contributed by atoms with van der Waals surface area (Å²) in [5.41, 5.74) is 16.8. The highest BCUT2D eigenvalue weighted by Crippen LogP contribution is 2.04. The molecular formula is C6H16N4. The van der Waals surface area contributed by atoms with Crippen molar-refractivity contribution in [2.45, 2.75) is 12.1 Å². The summed E-state index contributed by atoms with van der Waals surface area (Å²) < 4.78 is 0. The normalized spacial score (nSPS) is 35.1. The number of nitrogens with two attached hydrogens (primary N) is 3. The molecule has 1 saturated heterocycles. The molecule has 0 aliphatic carbocycles. The molecule has 1 aliphatic rings. The first-order chi connectivity index (χ1) is 4.74. The third-order valence-corrected chi connectivity index (χ3v) is 1.93. The van der Waals surface area contributed by atoms with Crippen LogP contribution in [0.4, 0.5) is 0 Å². The molecule has 1 aliphatic heterocycles. The summed E-state index contributed by atoms with van der Waals surface area (Å²) in [4.78, 5) is 2.20. The summed E-state index contributed by atoms with van der Waals surface area (Å²) in [6.45, 7) is 3.41. The molecule has 60 valence electrons. The molecule has 0 unspecified atom stereocenters. The van der Waals surface area contributed by atoms with Crippen molar-refractivity contribution in [2.24, 2.45) is 17.2 Å². The van der Waals surface area contributed by atoms with Gasteiger partial charge in [0.25, 0.3) is 0 Å². The van der Waals surface area contributed by atoms with Gasteiger partial charge in [0.15, 0.2) is 0 Å². The van der Waals surface area contributed by atoms with E-state index in [9.17, 15) is 0 Å². The standard InChI is InChI=1S/C6H16N4/c7-1-2-10-3-5(8)6(9)4-10/h5-6H,1-4,7-9H2/t5-,6-/m1/s1. The van der Waals surface area contributed by atoms with Crippen molar-refractivity contribution >= 4 is 0 Å². The highest BCUT2D eigenvalue weighted by Gasteiger charge is 2.25. The molecule has 0 spiro atoms. The van der Waals surface area contributed by atoms with Crippen LogP contribution in [0.3, 0.4) is 0 Å². The number of rotatable bonds is 2. The monoisotopic (exact) mass is 144 g/mol. The second kappa shape index (κ2) is 3.30. The third kappa shape index (κ3) is 1.67. The zero-order valence-electron chi connectivity index (χ0n) is 6.16. The van der Waals surface area contributed by atoms with E-state index in [0.29, 0.717) is 6.54 Å². The van der Waals surface area contributed by atoms with Crippen molar-refractivity contribution in [2.75, 3.05) is 26.2 Å². The average molecular weight is 144 g/mol. The van der Waals surface area contributed by atoms with E-state index in [2.05, 4.69) is 4.90 Å². The lowest BCUT2D eigenvalue weighted by molar-refractivity contribution is 0.341. The lowest BCUT2D eigenvalue weighted by atomic mass is 10.2. The molecule has 6 N–H and O–H groups in total. The maximum Gasteiger partial charge on any atom is 0.0334 e. The maximum atomic E-state index is 5.69.